The first-order chi connectivity index (χ1) is 8.69. The van der Waals surface area contributed by atoms with Gasteiger partial charge in [-0.25, -0.2) is 0 Å². The molecule has 0 aliphatic carbocycles. The maximum Gasteiger partial charge on any atom is 0.0629 e. The predicted molar refractivity (Wildman–Crippen MR) is 76.2 cm³/mol. The van der Waals surface area contributed by atoms with Crippen molar-refractivity contribution >= 4 is 23.4 Å². The number of aryl methyl sites for hydroxylation is 1. The van der Waals surface area contributed by atoms with Crippen molar-refractivity contribution in [3.63, 3.8) is 0 Å². The SMILES string of the molecule is CCNCc1cc(Cl)ccc1Sc1cnn(C)c1. The zero-order valence-corrected chi connectivity index (χ0v) is 12.1. The largest absolute Gasteiger partial charge is 0.313 e. The third kappa shape index (κ3) is 3.51. The number of aromatic nitrogens is 2. The van der Waals surface area contributed by atoms with E-state index in [1.165, 1.54) is 10.5 Å². The van der Waals surface area contributed by atoms with Gasteiger partial charge in [0, 0.05) is 29.7 Å². The molecule has 18 heavy (non-hydrogen) atoms. The molecule has 5 heteroatoms. The molecular formula is C13H16ClN3S. The minimum atomic E-state index is 0.776. The minimum Gasteiger partial charge on any atom is -0.313 e. The summed E-state index contributed by atoms with van der Waals surface area (Å²) in [5.41, 5.74) is 1.22. The van der Waals surface area contributed by atoms with E-state index in [0.29, 0.717) is 0 Å². The second-order valence-electron chi connectivity index (χ2n) is 3.98. The molecule has 0 amide bonds. The van der Waals surface area contributed by atoms with Crippen LogP contribution in [0.3, 0.4) is 0 Å². The molecule has 1 N–H and O–H groups in total. The van der Waals surface area contributed by atoms with Crippen LogP contribution in [0.4, 0.5) is 0 Å². The fourth-order valence-corrected chi connectivity index (χ4v) is 2.78. The van der Waals surface area contributed by atoms with Gasteiger partial charge in [-0.15, -0.1) is 0 Å². The molecule has 0 spiro atoms. The molecule has 2 rings (SSSR count). The molecule has 0 aliphatic heterocycles. The molecule has 0 radical (unpaired) electrons. The van der Waals surface area contributed by atoms with Gasteiger partial charge in [0.05, 0.1) is 11.1 Å². The van der Waals surface area contributed by atoms with E-state index < -0.39 is 0 Å². The summed E-state index contributed by atoms with van der Waals surface area (Å²) in [6.07, 6.45) is 3.88. The van der Waals surface area contributed by atoms with Crippen molar-refractivity contribution in [2.24, 2.45) is 7.05 Å². The van der Waals surface area contributed by atoms with Gasteiger partial charge >= 0.3 is 0 Å². The van der Waals surface area contributed by atoms with Crippen molar-refractivity contribution in [2.45, 2.75) is 23.3 Å². The van der Waals surface area contributed by atoms with Gasteiger partial charge in [0.1, 0.15) is 0 Å². The maximum absolute atomic E-state index is 6.05. The fraction of sp³-hybridized carbons (Fsp3) is 0.308. The van der Waals surface area contributed by atoms with E-state index >= 15 is 0 Å². The molecule has 0 aliphatic rings. The van der Waals surface area contributed by atoms with E-state index in [9.17, 15) is 0 Å². The first kappa shape index (κ1) is 13.5. The summed E-state index contributed by atoms with van der Waals surface area (Å²) in [5.74, 6) is 0. The number of hydrogen-bond acceptors (Lipinski definition) is 3. The van der Waals surface area contributed by atoms with Crippen LogP contribution in [-0.4, -0.2) is 16.3 Å². The highest BCUT2D eigenvalue weighted by Gasteiger charge is 2.06. The molecular weight excluding hydrogens is 266 g/mol. The molecule has 1 heterocycles. The van der Waals surface area contributed by atoms with Crippen LogP contribution < -0.4 is 5.32 Å². The van der Waals surface area contributed by atoms with Crippen LogP contribution in [0, 0.1) is 0 Å². The van der Waals surface area contributed by atoms with Gasteiger partial charge in [0.2, 0.25) is 0 Å². The minimum absolute atomic E-state index is 0.776. The van der Waals surface area contributed by atoms with Gasteiger partial charge in [0.15, 0.2) is 0 Å². The van der Waals surface area contributed by atoms with Crippen molar-refractivity contribution in [2.75, 3.05) is 6.54 Å². The Hall–Kier alpha value is -0.970. The standard InChI is InChI=1S/C13H16ClN3S/c1-3-15-7-10-6-11(14)4-5-13(10)18-12-8-16-17(2)9-12/h4-6,8-9,15H,3,7H2,1-2H3. The van der Waals surface area contributed by atoms with Crippen molar-refractivity contribution in [1.82, 2.24) is 15.1 Å². The van der Waals surface area contributed by atoms with Crippen LogP contribution in [0.15, 0.2) is 40.4 Å². The van der Waals surface area contributed by atoms with E-state index in [1.807, 2.05) is 36.3 Å². The molecule has 0 atom stereocenters. The molecule has 0 saturated heterocycles. The molecule has 0 saturated carbocycles. The number of hydrogen-bond donors (Lipinski definition) is 1. The fourth-order valence-electron chi connectivity index (χ4n) is 1.62. The normalized spacial score (nSPS) is 10.8. The second kappa shape index (κ2) is 6.27. The monoisotopic (exact) mass is 281 g/mol. The first-order valence-electron chi connectivity index (χ1n) is 5.84. The highest BCUT2D eigenvalue weighted by molar-refractivity contribution is 7.99. The zero-order valence-electron chi connectivity index (χ0n) is 10.5. The lowest BCUT2D eigenvalue weighted by Gasteiger charge is -2.09. The first-order valence-corrected chi connectivity index (χ1v) is 7.04. The highest BCUT2D eigenvalue weighted by Crippen LogP contribution is 2.31. The lowest BCUT2D eigenvalue weighted by Crippen LogP contribution is -2.12. The lowest BCUT2D eigenvalue weighted by atomic mass is 10.2. The number of nitrogens with zero attached hydrogens (tertiary/aromatic N) is 2. The third-order valence-corrected chi connectivity index (χ3v) is 3.80. The summed E-state index contributed by atoms with van der Waals surface area (Å²) in [6.45, 7) is 3.88. The Morgan fingerprint density at radius 3 is 2.94 bits per heavy atom. The van der Waals surface area contributed by atoms with E-state index in [1.54, 1.807) is 11.8 Å². The lowest BCUT2D eigenvalue weighted by molar-refractivity contribution is 0.718. The average Bonchev–Trinajstić information content (AvgIpc) is 2.75. The Kier molecular flexibility index (Phi) is 4.69. The summed E-state index contributed by atoms with van der Waals surface area (Å²) in [4.78, 5) is 2.35. The molecule has 3 nitrogen and oxygen atoms in total. The molecule has 2 aromatic rings. The van der Waals surface area contributed by atoms with Crippen LogP contribution >= 0.6 is 23.4 Å². The van der Waals surface area contributed by atoms with Crippen LogP contribution in [0.25, 0.3) is 0 Å². The Labute approximate surface area is 117 Å². The van der Waals surface area contributed by atoms with E-state index in [4.69, 9.17) is 11.6 Å². The van der Waals surface area contributed by atoms with Gasteiger partial charge in [-0.1, -0.05) is 30.3 Å². The number of rotatable bonds is 5. The van der Waals surface area contributed by atoms with Gasteiger partial charge in [-0.3, -0.25) is 4.68 Å². The molecule has 1 aromatic heterocycles. The van der Waals surface area contributed by atoms with E-state index in [2.05, 4.69) is 23.4 Å². The molecule has 96 valence electrons. The van der Waals surface area contributed by atoms with Crippen LogP contribution in [-0.2, 0) is 13.6 Å². The second-order valence-corrected chi connectivity index (χ2v) is 5.54. The van der Waals surface area contributed by atoms with Crippen molar-refractivity contribution in [3.8, 4) is 0 Å². The van der Waals surface area contributed by atoms with Gasteiger partial charge in [-0.2, -0.15) is 5.10 Å². The van der Waals surface area contributed by atoms with Gasteiger partial charge < -0.3 is 5.32 Å². The van der Waals surface area contributed by atoms with Crippen LogP contribution in [0.5, 0.6) is 0 Å². The Bertz CT molecular complexity index is 525. The van der Waals surface area contributed by atoms with Gasteiger partial charge in [0.25, 0.3) is 0 Å². The molecule has 0 unspecified atom stereocenters. The van der Waals surface area contributed by atoms with E-state index in [0.717, 1.165) is 23.0 Å². The number of nitrogens with one attached hydrogen (secondary N) is 1. The summed E-state index contributed by atoms with van der Waals surface area (Å²) in [7, 11) is 1.92. The summed E-state index contributed by atoms with van der Waals surface area (Å²) >= 11 is 7.76. The van der Waals surface area contributed by atoms with Gasteiger partial charge in [-0.05, 0) is 30.3 Å². The zero-order chi connectivity index (χ0) is 13.0. The Morgan fingerprint density at radius 1 is 1.44 bits per heavy atom. The summed E-state index contributed by atoms with van der Waals surface area (Å²) in [6, 6.07) is 6.01. The van der Waals surface area contributed by atoms with Crippen molar-refractivity contribution in [3.05, 3.63) is 41.2 Å². The van der Waals surface area contributed by atoms with Crippen LogP contribution in [0.1, 0.15) is 12.5 Å². The van der Waals surface area contributed by atoms with Crippen LogP contribution in [0.2, 0.25) is 5.02 Å². The topological polar surface area (TPSA) is 29.9 Å². The third-order valence-electron chi connectivity index (χ3n) is 2.50. The quantitative estimate of drug-likeness (QED) is 0.912. The average molecular weight is 282 g/mol. The Morgan fingerprint density at radius 2 is 2.28 bits per heavy atom. The predicted octanol–water partition coefficient (Wildman–Crippen LogP) is 3.33. The summed E-state index contributed by atoms with van der Waals surface area (Å²) in [5, 5.41) is 8.28. The molecule has 1 aromatic carbocycles. The molecule has 0 bridgehead atoms. The maximum atomic E-state index is 6.05. The smallest absolute Gasteiger partial charge is 0.0629 e. The van der Waals surface area contributed by atoms with Crippen molar-refractivity contribution < 1.29 is 0 Å². The number of benzene rings is 1. The van der Waals surface area contributed by atoms with E-state index in [-0.39, 0.29) is 0 Å². The van der Waals surface area contributed by atoms with Crippen molar-refractivity contribution in [1.29, 1.82) is 0 Å². The molecule has 0 fully saturated rings. The summed E-state index contributed by atoms with van der Waals surface area (Å²) < 4.78 is 1.81. The Balaban J connectivity index is 2.20. The number of halogens is 1. The highest BCUT2D eigenvalue weighted by atomic mass is 35.5.